The summed E-state index contributed by atoms with van der Waals surface area (Å²) in [5.74, 6) is 0.898. The summed E-state index contributed by atoms with van der Waals surface area (Å²) in [6.07, 6.45) is 3.45. The van der Waals surface area contributed by atoms with Crippen molar-refractivity contribution in [1.82, 2.24) is 14.8 Å². The van der Waals surface area contributed by atoms with Gasteiger partial charge in [-0.05, 0) is 64.9 Å². The predicted octanol–water partition coefficient (Wildman–Crippen LogP) is 3.35. The van der Waals surface area contributed by atoms with Gasteiger partial charge in [-0.15, -0.1) is 0 Å². The number of piperidine rings is 1. The van der Waals surface area contributed by atoms with Crippen molar-refractivity contribution in [3.05, 3.63) is 41.6 Å². The van der Waals surface area contributed by atoms with Gasteiger partial charge in [-0.2, -0.15) is 0 Å². The predicted molar refractivity (Wildman–Crippen MR) is 98.3 cm³/mol. The maximum atomic E-state index is 13.0. The zero-order chi connectivity index (χ0) is 17.1. The molecule has 128 valence electrons. The van der Waals surface area contributed by atoms with E-state index in [1.54, 1.807) is 0 Å². The molecule has 4 heteroatoms. The molecule has 3 rings (SSSR count). The van der Waals surface area contributed by atoms with Crippen molar-refractivity contribution < 1.29 is 4.79 Å². The minimum absolute atomic E-state index is 0.155. The highest BCUT2D eigenvalue weighted by molar-refractivity contribution is 6.06. The third kappa shape index (κ3) is 3.75. The number of carbonyl (C=O) groups is 1. The van der Waals surface area contributed by atoms with Crippen molar-refractivity contribution in [3.63, 3.8) is 0 Å². The first-order valence-electron chi connectivity index (χ1n) is 8.85. The molecule has 1 aliphatic rings. The summed E-state index contributed by atoms with van der Waals surface area (Å²) in [4.78, 5) is 21.8. The molecule has 1 aromatic carbocycles. The zero-order valence-corrected chi connectivity index (χ0v) is 15.0. The molecule has 24 heavy (non-hydrogen) atoms. The van der Waals surface area contributed by atoms with Gasteiger partial charge in [0, 0.05) is 24.2 Å². The number of carbonyl (C=O) groups excluding carboxylic acids is 1. The lowest BCUT2D eigenvalue weighted by Crippen LogP contribution is -2.39. The van der Waals surface area contributed by atoms with Gasteiger partial charge in [-0.25, -0.2) is 0 Å². The van der Waals surface area contributed by atoms with E-state index in [4.69, 9.17) is 0 Å². The number of likely N-dealkylation sites (tertiary alicyclic amines) is 1. The molecule has 1 fully saturated rings. The summed E-state index contributed by atoms with van der Waals surface area (Å²) < 4.78 is 0. The zero-order valence-electron chi connectivity index (χ0n) is 15.0. The Kier molecular flexibility index (Phi) is 5.14. The van der Waals surface area contributed by atoms with E-state index in [1.165, 1.54) is 6.42 Å². The van der Waals surface area contributed by atoms with Crippen LogP contribution in [0.2, 0.25) is 0 Å². The van der Waals surface area contributed by atoms with Gasteiger partial charge in [-0.3, -0.25) is 9.78 Å². The Hall–Kier alpha value is -1.94. The van der Waals surface area contributed by atoms with E-state index in [0.717, 1.165) is 60.6 Å². The quantitative estimate of drug-likeness (QED) is 0.865. The van der Waals surface area contributed by atoms with E-state index in [0.29, 0.717) is 0 Å². The van der Waals surface area contributed by atoms with Crippen LogP contribution in [-0.2, 0) is 0 Å². The number of pyridine rings is 1. The molecule has 1 aromatic heterocycles. The first-order valence-corrected chi connectivity index (χ1v) is 8.85. The van der Waals surface area contributed by atoms with Crippen LogP contribution in [0.4, 0.5) is 0 Å². The number of benzene rings is 1. The number of nitrogens with zero attached hydrogens (tertiary/aromatic N) is 3. The summed E-state index contributed by atoms with van der Waals surface area (Å²) in [7, 11) is 4.24. The third-order valence-corrected chi connectivity index (χ3v) is 4.96. The fraction of sp³-hybridized carbons (Fsp3) is 0.500. The van der Waals surface area contributed by atoms with Crippen molar-refractivity contribution in [2.75, 3.05) is 33.7 Å². The SMILES string of the molecule is Cc1cc(C(=O)N2CCC(CCN(C)C)CC2)c2ccccc2n1. The highest BCUT2D eigenvalue weighted by Gasteiger charge is 2.24. The molecule has 0 atom stereocenters. The van der Waals surface area contributed by atoms with E-state index < -0.39 is 0 Å². The third-order valence-electron chi connectivity index (χ3n) is 4.96. The Morgan fingerprint density at radius 1 is 1.25 bits per heavy atom. The maximum Gasteiger partial charge on any atom is 0.254 e. The van der Waals surface area contributed by atoms with Gasteiger partial charge < -0.3 is 9.80 Å². The minimum atomic E-state index is 0.155. The Labute approximate surface area is 144 Å². The number of amides is 1. The largest absolute Gasteiger partial charge is 0.339 e. The Bertz CT molecular complexity index is 718. The van der Waals surface area contributed by atoms with Gasteiger partial charge in [0.25, 0.3) is 5.91 Å². The summed E-state index contributed by atoms with van der Waals surface area (Å²) in [6, 6.07) is 9.86. The fourth-order valence-corrected chi connectivity index (χ4v) is 3.52. The second kappa shape index (κ2) is 7.31. The summed E-state index contributed by atoms with van der Waals surface area (Å²) >= 11 is 0. The van der Waals surface area contributed by atoms with E-state index >= 15 is 0 Å². The van der Waals surface area contributed by atoms with E-state index in [2.05, 4.69) is 24.0 Å². The number of aromatic nitrogens is 1. The molecule has 0 unspecified atom stereocenters. The van der Waals surface area contributed by atoms with Crippen LogP contribution >= 0.6 is 0 Å². The number of rotatable bonds is 4. The van der Waals surface area contributed by atoms with Crippen molar-refractivity contribution in [3.8, 4) is 0 Å². The van der Waals surface area contributed by atoms with Gasteiger partial charge >= 0.3 is 0 Å². The first-order chi connectivity index (χ1) is 11.5. The van der Waals surface area contributed by atoms with Crippen LogP contribution < -0.4 is 0 Å². The van der Waals surface area contributed by atoms with E-state index in [-0.39, 0.29) is 5.91 Å². The Balaban J connectivity index is 1.72. The smallest absolute Gasteiger partial charge is 0.254 e. The van der Waals surface area contributed by atoms with Crippen molar-refractivity contribution in [2.45, 2.75) is 26.2 Å². The van der Waals surface area contributed by atoms with Gasteiger partial charge in [0.05, 0.1) is 11.1 Å². The topological polar surface area (TPSA) is 36.4 Å². The molecule has 0 N–H and O–H groups in total. The fourth-order valence-electron chi connectivity index (χ4n) is 3.52. The first kappa shape index (κ1) is 16.9. The number of fused-ring (bicyclic) bond motifs is 1. The molecular formula is C20H27N3O. The molecule has 0 bridgehead atoms. The molecule has 0 saturated carbocycles. The second-order valence-corrected chi connectivity index (χ2v) is 7.16. The van der Waals surface area contributed by atoms with Crippen molar-refractivity contribution >= 4 is 16.8 Å². The molecule has 0 aliphatic carbocycles. The molecular weight excluding hydrogens is 298 g/mol. The van der Waals surface area contributed by atoms with Crippen LogP contribution in [0.1, 0.15) is 35.3 Å². The van der Waals surface area contributed by atoms with Crippen LogP contribution in [0.15, 0.2) is 30.3 Å². The summed E-state index contributed by atoms with van der Waals surface area (Å²) in [5.41, 5.74) is 2.60. The number of para-hydroxylation sites is 1. The lowest BCUT2D eigenvalue weighted by atomic mass is 9.93. The average molecular weight is 325 g/mol. The highest BCUT2D eigenvalue weighted by Crippen LogP contribution is 2.25. The number of aryl methyl sites for hydroxylation is 1. The molecule has 0 radical (unpaired) electrons. The number of hydrogen-bond donors (Lipinski definition) is 0. The molecule has 4 nitrogen and oxygen atoms in total. The van der Waals surface area contributed by atoms with Gasteiger partial charge in [0.15, 0.2) is 0 Å². The molecule has 1 amide bonds. The summed E-state index contributed by atoms with van der Waals surface area (Å²) in [6.45, 7) is 4.82. The van der Waals surface area contributed by atoms with Crippen molar-refractivity contribution in [1.29, 1.82) is 0 Å². The standard InChI is InChI=1S/C20H27N3O/c1-15-14-18(17-6-4-5-7-19(17)21-15)20(24)23-12-9-16(10-13-23)8-11-22(2)3/h4-7,14,16H,8-13H2,1-3H3. The Morgan fingerprint density at radius 3 is 2.67 bits per heavy atom. The van der Waals surface area contributed by atoms with Crippen LogP contribution in [-0.4, -0.2) is 54.4 Å². The molecule has 2 heterocycles. The highest BCUT2D eigenvalue weighted by atomic mass is 16.2. The maximum absolute atomic E-state index is 13.0. The summed E-state index contributed by atoms with van der Waals surface area (Å²) in [5, 5.41) is 0.961. The molecule has 0 spiro atoms. The van der Waals surface area contributed by atoms with Crippen molar-refractivity contribution in [2.24, 2.45) is 5.92 Å². The monoisotopic (exact) mass is 325 g/mol. The lowest BCUT2D eigenvalue weighted by Gasteiger charge is -2.32. The molecule has 1 saturated heterocycles. The molecule has 1 aliphatic heterocycles. The van der Waals surface area contributed by atoms with E-state index in [1.807, 2.05) is 42.2 Å². The second-order valence-electron chi connectivity index (χ2n) is 7.16. The van der Waals surface area contributed by atoms with Crippen LogP contribution in [0, 0.1) is 12.8 Å². The molecule has 2 aromatic rings. The normalized spacial score (nSPS) is 16.1. The lowest BCUT2D eigenvalue weighted by molar-refractivity contribution is 0.0685. The van der Waals surface area contributed by atoms with Crippen LogP contribution in [0.5, 0.6) is 0 Å². The van der Waals surface area contributed by atoms with E-state index in [9.17, 15) is 4.79 Å². The van der Waals surface area contributed by atoms with Gasteiger partial charge in [0.2, 0.25) is 0 Å². The van der Waals surface area contributed by atoms with Crippen LogP contribution in [0.3, 0.4) is 0 Å². The number of hydrogen-bond acceptors (Lipinski definition) is 3. The van der Waals surface area contributed by atoms with Gasteiger partial charge in [0.1, 0.15) is 0 Å². The average Bonchev–Trinajstić information content (AvgIpc) is 2.59. The van der Waals surface area contributed by atoms with Crippen LogP contribution in [0.25, 0.3) is 10.9 Å². The van der Waals surface area contributed by atoms with Gasteiger partial charge in [-0.1, -0.05) is 18.2 Å². The minimum Gasteiger partial charge on any atom is -0.339 e. The Morgan fingerprint density at radius 2 is 1.96 bits per heavy atom.